The van der Waals surface area contributed by atoms with Crippen LogP contribution in [0.5, 0.6) is 17.2 Å². The molecule has 2 amide bonds. The van der Waals surface area contributed by atoms with Crippen molar-refractivity contribution in [1.29, 1.82) is 0 Å². The van der Waals surface area contributed by atoms with E-state index in [2.05, 4.69) is 29.0 Å². The van der Waals surface area contributed by atoms with Crippen molar-refractivity contribution in [3.8, 4) is 17.2 Å². The lowest BCUT2D eigenvalue weighted by Crippen LogP contribution is -2.46. The number of piperidine rings is 1. The molecule has 0 aliphatic carbocycles. The normalized spacial score (nSPS) is 29.2. The molecule has 18 nitrogen and oxygen atoms in total. The van der Waals surface area contributed by atoms with Crippen LogP contribution in [0.3, 0.4) is 0 Å². The summed E-state index contributed by atoms with van der Waals surface area (Å²) < 4.78 is 38.4. The number of ketones is 1. The van der Waals surface area contributed by atoms with E-state index in [-0.39, 0.29) is 80.6 Å². The molecule has 3 aromatic rings. The van der Waals surface area contributed by atoms with Gasteiger partial charge in [0.25, 0.3) is 11.7 Å². The SMILES string of the molecule is CO[C@H]1/C=C/OC2(C)Oc3c(C)c(O)c4c(O)c(c5c(c4c3C2=O)=NC2(CCN(CC(C)C)CC2)N=5)NC(=O)/C(C)=C\C=C\[C@H](C)[C@H](O)[C@@H](C)[C@@H](O)[C@@H](C)[C@H](OC(=O)CCCC(=O)N2CCCN(c3ccc(F)cc3)CC2)[C@@H]1C. The third-order valence-corrected chi connectivity index (χ3v) is 16.7. The first-order chi connectivity index (χ1) is 37.5. The number of ether oxygens (including phenoxy) is 4. The van der Waals surface area contributed by atoms with Gasteiger partial charge in [-0.1, -0.05) is 59.8 Å². The minimum Gasteiger partial charge on any atom is -0.507 e. The van der Waals surface area contributed by atoms with Crippen LogP contribution in [0.15, 0.2) is 70.4 Å². The maximum atomic E-state index is 15.0. The van der Waals surface area contributed by atoms with Crippen LogP contribution in [0.1, 0.15) is 110 Å². The monoisotopic (exact) mass is 1090 g/mol. The number of amides is 2. The predicted molar refractivity (Wildman–Crippen MR) is 296 cm³/mol. The van der Waals surface area contributed by atoms with Crippen molar-refractivity contribution < 1.29 is 62.9 Å². The number of anilines is 2. The number of nitrogens with one attached hydrogen (secondary N) is 1. The number of esters is 1. The molecule has 9 atom stereocenters. The Morgan fingerprint density at radius 1 is 0.873 bits per heavy atom. The minimum absolute atomic E-state index is 0.00746. The zero-order chi connectivity index (χ0) is 57.2. The number of aliphatic hydroxyl groups is 2. The van der Waals surface area contributed by atoms with Crippen LogP contribution in [-0.2, 0) is 28.6 Å². The average molecular weight is 1100 g/mol. The molecular formula is C60H79FN6O12. The van der Waals surface area contributed by atoms with E-state index in [0.29, 0.717) is 58.0 Å². The first-order valence-corrected chi connectivity index (χ1v) is 27.9. The summed E-state index contributed by atoms with van der Waals surface area (Å²) in [4.78, 5) is 73.0. The second kappa shape index (κ2) is 24.1. The number of likely N-dealkylation sites (tertiary alicyclic amines) is 1. The van der Waals surface area contributed by atoms with Gasteiger partial charge < -0.3 is 59.4 Å². The highest BCUT2D eigenvalue weighted by Crippen LogP contribution is 2.50. The summed E-state index contributed by atoms with van der Waals surface area (Å²) in [5.41, 5.74) is 0.173. The molecule has 5 bridgehead atoms. The topological polar surface area (TPSA) is 233 Å². The van der Waals surface area contributed by atoms with Gasteiger partial charge >= 0.3 is 11.8 Å². The Morgan fingerprint density at radius 3 is 2.25 bits per heavy atom. The van der Waals surface area contributed by atoms with Crippen molar-refractivity contribution >= 4 is 45.7 Å². The number of phenolic OH excluding ortho intramolecular Hbond substituents is 2. The maximum Gasteiger partial charge on any atom is 0.312 e. The molecule has 6 heterocycles. The fourth-order valence-corrected chi connectivity index (χ4v) is 11.8. The summed E-state index contributed by atoms with van der Waals surface area (Å²) in [5.74, 6) is -7.51. The molecule has 0 saturated carbocycles. The number of phenols is 2. The molecule has 19 heteroatoms. The second-order valence-electron chi connectivity index (χ2n) is 22.9. The Kier molecular flexibility index (Phi) is 17.9. The summed E-state index contributed by atoms with van der Waals surface area (Å²) in [6.45, 7) is 20.4. The van der Waals surface area contributed by atoms with Gasteiger partial charge in [-0.15, -0.1) is 0 Å². The van der Waals surface area contributed by atoms with Crippen LogP contribution in [0.4, 0.5) is 15.8 Å². The standard InChI is InChI=1S/C60H79FN6O12/c1-33(2)32-65-27-23-60(24-28-65)63-48-45-46-53(72)39(8)56-47(45)57(74)59(9,79-56)77-31-22-42(76-10)36(5)55(78-44(69)17-12-16-43(68)67-26-13-25-66(29-30-67)41-20-18-40(61)19-21-41)38(7)52(71)37(6)51(70)34(3)14-11-15-35(4)58(75)62-50(54(46)73)49(48)64-60/h11,14-15,18-22,31,33-34,36-38,42,51-52,55,70-73H,12-13,16-17,23-30,32H2,1-10H3,(H,62,75)/b14-11+,31-22+,35-15-/t34-,36+,37+,38+,42-,51-,52+,55+,59?/m0/s1. The van der Waals surface area contributed by atoms with E-state index in [1.54, 1.807) is 76.8 Å². The van der Waals surface area contributed by atoms with Crippen molar-refractivity contribution in [2.75, 3.05) is 63.1 Å². The molecule has 1 spiro atoms. The maximum absolute atomic E-state index is 15.0. The third kappa shape index (κ3) is 12.2. The van der Waals surface area contributed by atoms with E-state index in [4.69, 9.17) is 28.9 Å². The van der Waals surface area contributed by atoms with Gasteiger partial charge in [-0.25, -0.2) is 4.39 Å². The van der Waals surface area contributed by atoms with Crippen molar-refractivity contribution in [1.82, 2.24) is 9.80 Å². The average Bonchev–Trinajstić information content (AvgIpc) is 3.99. The van der Waals surface area contributed by atoms with E-state index in [1.807, 2.05) is 0 Å². The van der Waals surface area contributed by atoms with Crippen molar-refractivity contribution in [2.45, 2.75) is 137 Å². The van der Waals surface area contributed by atoms with Gasteiger partial charge in [0.1, 0.15) is 34.5 Å². The van der Waals surface area contributed by atoms with Crippen LogP contribution in [0.2, 0.25) is 0 Å². The van der Waals surface area contributed by atoms with Crippen molar-refractivity contribution in [3.05, 3.63) is 88.1 Å². The predicted octanol–water partition coefficient (Wildman–Crippen LogP) is 6.78. The zero-order valence-electron chi connectivity index (χ0n) is 47.3. The molecule has 9 rings (SSSR count). The molecule has 5 N–H and O–H groups in total. The molecule has 2 fully saturated rings. The quantitative estimate of drug-likeness (QED) is 0.110. The number of aliphatic hydroxyl groups excluding tert-OH is 2. The number of halogens is 1. The number of carbonyl (C=O) groups excluding carboxylic acids is 4. The summed E-state index contributed by atoms with van der Waals surface area (Å²) in [6, 6.07) is 6.29. The molecule has 79 heavy (non-hydrogen) atoms. The molecule has 2 saturated heterocycles. The van der Waals surface area contributed by atoms with E-state index in [9.17, 15) is 44.0 Å². The number of fused-ring (bicyclic) bond motifs is 13. The molecule has 6 aliphatic heterocycles. The van der Waals surface area contributed by atoms with Crippen molar-refractivity contribution in [2.24, 2.45) is 39.6 Å². The largest absolute Gasteiger partial charge is 0.507 e. The highest BCUT2D eigenvalue weighted by molar-refractivity contribution is 6.19. The fraction of sp³-hybridized carbons (Fsp3) is 0.567. The summed E-state index contributed by atoms with van der Waals surface area (Å²) in [6.07, 6.45) is 5.43. The number of allylic oxidation sites excluding steroid dienone is 2. The second-order valence-corrected chi connectivity index (χ2v) is 22.9. The summed E-state index contributed by atoms with van der Waals surface area (Å²) >= 11 is 0. The number of carbonyl (C=O) groups is 4. The third-order valence-electron chi connectivity index (χ3n) is 16.7. The van der Waals surface area contributed by atoms with E-state index < -0.39 is 88.7 Å². The Hall–Kier alpha value is -6.41. The number of rotatable bonds is 9. The van der Waals surface area contributed by atoms with Crippen LogP contribution < -0.4 is 25.7 Å². The number of hydrogen-bond acceptors (Lipinski definition) is 16. The van der Waals surface area contributed by atoms with Gasteiger partial charge in [-0.2, -0.15) is 0 Å². The Balaban J connectivity index is 1.09. The Labute approximate surface area is 461 Å². The van der Waals surface area contributed by atoms with Crippen molar-refractivity contribution in [3.63, 3.8) is 0 Å². The minimum atomic E-state index is -2.02. The van der Waals surface area contributed by atoms with Gasteiger partial charge in [-0.3, -0.25) is 29.2 Å². The van der Waals surface area contributed by atoms with Gasteiger partial charge in [-0.05, 0) is 62.9 Å². The number of methoxy groups -OCH3 is 1. The molecular weight excluding hydrogens is 1020 g/mol. The Morgan fingerprint density at radius 2 is 1.57 bits per heavy atom. The summed E-state index contributed by atoms with van der Waals surface area (Å²) in [5, 5.41) is 51.2. The van der Waals surface area contributed by atoms with Gasteiger partial charge in [0, 0.05) is 131 Å². The number of benzene rings is 3. The number of aromatic hydroxyl groups is 2. The summed E-state index contributed by atoms with van der Waals surface area (Å²) in [7, 11) is 1.45. The van der Waals surface area contributed by atoms with E-state index >= 15 is 0 Å². The molecule has 6 aliphatic rings. The van der Waals surface area contributed by atoms with Crippen LogP contribution in [-0.4, -0.2) is 143 Å². The fourth-order valence-electron chi connectivity index (χ4n) is 11.8. The molecule has 0 radical (unpaired) electrons. The van der Waals surface area contributed by atoms with Gasteiger partial charge in [0.2, 0.25) is 5.91 Å². The zero-order valence-corrected chi connectivity index (χ0v) is 47.3. The van der Waals surface area contributed by atoms with E-state index in [1.165, 1.54) is 38.5 Å². The highest BCUT2D eigenvalue weighted by Gasteiger charge is 2.50. The van der Waals surface area contributed by atoms with Gasteiger partial charge in [0.15, 0.2) is 11.4 Å². The Bertz CT molecular complexity index is 3030. The molecule has 428 valence electrons. The lowest BCUT2D eigenvalue weighted by Gasteiger charge is -2.38. The van der Waals surface area contributed by atoms with Gasteiger partial charge in [0.05, 0.1) is 40.9 Å². The highest BCUT2D eigenvalue weighted by atomic mass is 19.1. The number of nitrogens with zero attached hydrogens (tertiary/aromatic N) is 5. The van der Waals surface area contributed by atoms with Crippen LogP contribution in [0, 0.1) is 42.3 Å². The van der Waals surface area contributed by atoms with E-state index in [0.717, 1.165) is 18.7 Å². The van der Waals surface area contributed by atoms with Crippen LogP contribution in [0.25, 0.3) is 10.8 Å². The smallest absolute Gasteiger partial charge is 0.312 e. The number of hydrogen-bond donors (Lipinski definition) is 5. The molecule has 1 unspecified atom stereocenters. The lowest BCUT2D eigenvalue weighted by molar-refractivity contribution is -0.163. The van der Waals surface area contributed by atoms with Crippen LogP contribution >= 0.6 is 0 Å². The first-order valence-electron chi connectivity index (χ1n) is 27.9. The molecule has 0 aromatic heterocycles. The molecule has 3 aromatic carbocycles. The lowest BCUT2D eigenvalue weighted by atomic mass is 9.78. The number of Topliss-reactive ketones (excluding diaryl/α,β-unsaturated/α-hetero) is 1. The first kappa shape index (κ1) is 58.7.